The molecule has 1 aromatic heterocycles. The molecule has 2 rings (SSSR count). The number of hydrogen-bond acceptors (Lipinski definition) is 5. The Morgan fingerprint density at radius 3 is 2.57 bits per heavy atom. The van der Waals surface area contributed by atoms with Gasteiger partial charge in [0.2, 0.25) is 11.8 Å². The summed E-state index contributed by atoms with van der Waals surface area (Å²) < 4.78 is 4.86. The Balaban J connectivity index is 1.84. The van der Waals surface area contributed by atoms with Crippen LogP contribution in [0.5, 0.6) is 0 Å². The summed E-state index contributed by atoms with van der Waals surface area (Å²) in [6.45, 7) is 3.30. The molecule has 0 unspecified atom stereocenters. The quantitative estimate of drug-likeness (QED) is 0.736. The van der Waals surface area contributed by atoms with E-state index < -0.39 is 18.0 Å². The minimum atomic E-state index is -0.735. The van der Waals surface area contributed by atoms with Crippen LogP contribution in [0.1, 0.15) is 18.2 Å². The van der Waals surface area contributed by atoms with E-state index in [0.29, 0.717) is 18.0 Å². The number of carbonyl (C=O) groups is 2. The van der Waals surface area contributed by atoms with Crippen LogP contribution in [0.15, 0.2) is 40.9 Å². The van der Waals surface area contributed by atoms with E-state index in [9.17, 15) is 9.59 Å². The van der Waals surface area contributed by atoms with Crippen molar-refractivity contribution in [3.05, 3.63) is 47.7 Å². The molecule has 2 aromatic rings. The maximum Gasteiger partial charge on any atom is 0.247 e. The van der Waals surface area contributed by atoms with Crippen molar-refractivity contribution < 1.29 is 14.1 Å². The van der Waals surface area contributed by atoms with Gasteiger partial charge < -0.3 is 20.9 Å². The van der Waals surface area contributed by atoms with Crippen molar-refractivity contribution in [2.45, 2.75) is 32.4 Å². The van der Waals surface area contributed by atoms with E-state index in [2.05, 4.69) is 15.8 Å². The lowest BCUT2D eigenvalue weighted by molar-refractivity contribution is -0.127. The molecular weight excluding hydrogens is 296 g/mol. The largest absolute Gasteiger partial charge is 0.360 e. The summed E-state index contributed by atoms with van der Waals surface area (Å²) in [5.41, 5.74) is 6.85. The highest BCUT2D eigenvalue weighted by Crippen LogP contribution is 2.07. The Bertz CT molecular complexity index is 669. The van der Waals surface area contributed by atoms with Crippen molar-refractivity contribution >= 4 is 17.6 Å². The van der Waals surface area contributed by atoms with E-state index in [1.54, 1.807) is 19.9 Å². The van der Waals surface area contributed by atoms with Crippen LogP contribution in [0, 0.1) is 6.92 Å². The first-order valence-electron chi connectivity index (χ1n) is 7.30. The van der Waals surface area contributed by atoms with E-state index in [-0.39, 0.29) is 5.91 Å². The van der Waals surface area contributed by atoms with Crippen molar-refractivity contribution in [3.8, 4) is 0 Å². The van der Waals surface area contributed by atoms with Gasteiger partial charge in [-0.05, 0) is 25.8 Å². The Kier molecular flexibility index (Phi) is 5.48. The van der Waals surface area contributed by atoms with Crippen molar-refractivity contribution in [2.75, 3.05) is 5.32 Å². The molecule has 1 aromatic carbocycles. The maximum atomic E-state index is 12.1. The highest BCUT2D eigenvalue weighted by atomic mass is 16.5. The van der Waals surface area contributed by atoms with Gasteiger partial charge in [-0.15, -0.1) is 0 Å². The van der Waals surface area contributed by atoms with Gasteiger partial charge in [0.05, 0.1) is 6.04 Å². The monoisotopic (exact) mass is 316 g/mol. The number of aryl methyl sites for hydroxylation is 1. The second kappa shape index (κ2) is 7.55. The fraction of sp³-hybridized carbons (Fsp3) is 0.312. The Labute approximate surface area is 134 Å². The van der Waals surface area contributed by atoms with Gasteiger partial charge in [-0.1, -0.05) is 35.5 Å². The number of benzene rings is 1. The van der Waals surface area contributed by atoms with Gasteiger partial charge >= 0.3 is 0 Å². The molecule has 0 bridgehead atoms. The van der Waals surface area contributed by atoms with Gasteiger partial charge in [0.1, 0.15) is 11.8 Å². The first-order chi connectivity index (χ1) is 11.0. The van der Waals surface area contributed by atoms with E-state index in [4.69, 9.17) is 10.3 Å². The van der Waals surface area contributed by atoms with Gasteiger partial charge in [0.25, 0.3) is 0 Å². The van der Waals surface area contributed by atoms with E-state index >= 15 is 0 Å². The van der Waals surface area contributed by atoms with Gasteiger partial charge in [-0.2, -0.15) is 0 Å². The average Bonchev–Trinajstić information content (AvgIpc) is 2.93. The minimum absolute atomic E-state index is 0.308. The molecule has 0 aliphatic heterocycles. The SMILES string of the molecule is Cc1cc(NC(=O)[C@H](C)NC(=O)[C@@H](N)Cc2ccccc2)no1. The molecule has 2 atom stereocenters. The molecule has 2 amide bonds. The summed E-state index contributed by atoms with van der Waals surface area (Å²) in [5, 5.41) is 8.81. The number of carbonyl (C=O) groups excluding carboxylic acids is 2. The normalized spacial score (nSPS) is 13.2. The zero-order valence-corrected chi connectivity index (χ0v) is 13.1. The zero-order chi connectivity index (χ0) is 16.8. The van der Waals surface area contributed by atoms with Crippen molar-refractivity contribution in [3.63, 3.8) is 0 Å². The number of anilines is 1. The molecule has 0 aliphatic carbocycles. The van der Waals surface area contributed by atoms with Crippen LogP contribution in [-0.2, 0) is 16.0 Å². The molecule has 122 valence electrons. The third-order valence-corrected chi connectivity index (χ3v) is 3.27. The second-order valence-electron chi connectivity index (χ2n) is 5.34. The molecule has 0 radical (unpaired) electrons. The zero-order valence-electron chi connectivity index (χ0n) is 13.1. The molecule has 1 heterocycles. The van der Waals surface area contributed by atoms with Gasteiger partial charge in [-0.25, -0.2) is 0 Å². The third kappa shape index (κ3) is 4.93. The number of nitrogens with one attached hydrogen (secondary N) is 2. The predicted molar refractivity (Wildman–Crippen MR) is 85.6 cm³/mol. The molecule has 0 spiro atoms. The molecule has 0 aliphatic rings. The van der Waals surface area contributed by atoms with Crippen LogP contribution < -0.4 is 16.4 Å². The van der Waals surface area contributed by atoms with E-state index in [1.165, 1.54) is 0 Å². The van der Waals surface area contributed by atoms with Gasteiger partial charge in [-0.3, -0.25) is 9.59 Å². The topological polar surface area (TPSA) is 110 Å². The molecule has 7 nitrogen and oxygen atoms in total. The third-order valence-electron chi connectivity index (χ3n) is 3.27. The molecule has 0 saturated carbocycles. The number of amides is 2. The lowest BCUT2D eigenvalue weighted by Gasteiger charge is -2.16. The Morgan fingerprint density at radius 2 is 1.96 bits per heavy atom. The van der Waals surface area contributed by atoms with E-state index in [0.717, 1.165) is 5.56 Å². The molecule has 7 heteroatoms. The van der Waals surface area contributed by atoms with Crippen LogP contribution in [0.3, 0.4) is 0 Å². The van der Waals surface area contributed by atoms with Crippen LogP contribution in [0.25, 0.3) is 0 Å². The number of hydrogen-bond donors (Lipinski definition) is 3. The summed E-state index contributed by atoms with van der Waals surface area (Å²) in [6, 6.07) is 9.60. The minimum Gasteiger partial charge on any atom is -0.360 e. The van der Waals surface area contributed by atoms with Crippen LogP contribution >= 0.6 is 0 Å². The summed E-state index contributed by atoms with van der Waals surface area (Å²) in [4.78, 5) is 24.1. The van der Waals surface area contributed by atoms with Crippen LogP contribution in [0.2, 0.25) is 0 Å². The number of aromatic nitrogens is 1. The van der Waals surface area contributed by atoms with Crippen LogP contribution in [-0.4, -0.2) is 29.1 Å². The summed E-state index contributed by atoms with van der Waals surface area (Å²) in [6.07, 6.45) is 0.406. The van der Waals surface area contributed by atoms with Gasteiger partial charge in [0.15, 0.2) is 5.82 Å². The van der Waals surface area contributed by atoms with Gasteiger partial charge in [0, 0.05) is 6.07 Å². The van der Waals surface area contributed by atoms with Crippen molar-refractivity contribution in [1.82, 2.24) is 10.5 Å². The predicted octanol–water partition coefficient (Wildman–Crippen LogP) is 0.996. The summed E-state index contributed by atoms with van der Waals surface area (Å²) >= 11 is 0. The smallest absolute Gasteiger partial charge is 0.247 e. The van der Waals surface area contributed by atoms with E-state index in [1.807, 2.05) is 30.3 Å². The Morgan fingerprint density at radius 1 is 1.26 bits per heavy atom. The number of nitrogens with zero attached hydrogens (tertiary/aromatic N) is 1. The molecule has 0 saturated heterocycles. The summed E-state index contributed by atoms with van der Waals surface area (Å²) in [5.74, 6) is 0.121. The standard InChI is InChI=1S/C16H20N4O3/c1-10-8-14(20-23-10)19-15(21)11(2)18-16(22)13(17)9-12-6-4-3-5-7-12/h3-8,11,13H,9,17H2,1-2H3,(H,18,22)(H,19,20,21)/t11-,13-/m0/s1. The van der Waals surface area contributed by atoms with Crippen molar-refractivity contribution in [1.29, 1.82) is 0 Å². The number of nitrogens with two attached hydrogens (primary N) is 1. The molecule has 23 heavy (non-hydrogen) atoms. The highest BCUT2D eigenvalue weighted by Gasteiger charge is 2.21. The average molecular weight is 316 g/mol. The van der Waals surface area contributed by atoms with Crippen LogP contribution in [0.4, 0.5) is 5.82 Å². The fourth-order valence-corrected chi connectivity index (χ4v) is 2.01. The second-order valence-corrected chi connectivity index (χ2v) is 5.34. The fourth-order valence-electron chi connectivity index (χ4n) is 2.01. The lowest BCUT2D eigenvalue weighted by atomic mass is 10.1. The highest BCUT2D eigenvalue weighted by molar-refractivity contribution is 5.96. The first-order valence-corrected chi connectivity index (χ1v) is 7.30. The van der Waals surface area contributed by atoms with Crippen molar-refractivity contribution in [2.24, 2.45) is 5.73 Å². The molecule has 4 N–H and O–H groups in total. The first kappa shape index (κ1) is 16.7. The maximum absolute atomic E-state index is 12.1. The Hall–Kier alpha value is -2.67. The molecule has 0 fully saturated rings. The molecular formula is C16H20N4O3. The lowest BCUT2D eigenvalue weighted by Crippen LogP contribution is -2.49. The summed E-state index contributed by atoms with van der Waals surface area (Å²) in [7, 11) is 0. The number of rotatable bonds is 6.